The van der Waals surface area contributed by atoms with E-state index in [-0.39, 0.29) is 11.6 Å². The van der Waals surface area contributed by atoms with Crippen LogP contribution < -0.4 is 11.1 Å². The Morgan fingerprint density at radius 1 is 1.42 bits per heavy atom. The van der Waals surface area contributed by atoms with Crippen LogP contribution in [-0.4, -0.2) is 17.4 Å². The molecule has 1 heterocycles. The average Bonchev–Trinajstić information content (AvgIpc) is 2.87. The van der Waals surface area contributed by atoms with Crippen LogP contribution >= 0.6 is 0 Å². The molecule has 1 aromatic heterocycles. The highest BCUT2D eigenvalue weighted by Crippen LogP contribution is 2.07. The van der Waals surface area contributed by atoms with Gasteiger partial charge >= 0.3 is 0 Å². The van der Waals surface area contributed by atoms with E-state index < -0.39 is 0 Å². The first kappa shape index (κ1) is 13.3. The minimum atomic E-state index is -0.240. The number of hydrogen-bond donors (Lipinski definition) is 2. The van der Waals surface area contributed by atoms with E-state index in [1.165, 1.54) is 6.26 Å². The number of benzene rings is 1. The third kappa shape index (κ3) is 3.42. The quantitative estimate of drug-likeness (QED) is 0.850. The lowest BCUT2D eigenvalue weighted by atomic mass is 10.1. The number of rotatable bonds is 5. The molecule has 0 bridgehead atoms. The van der Waals surface area contributed by atoms with Crippen molar-refractivity contribution in [2.24, 2.45) is 5.73 Å². The molecule has 1 aromatic carbocycles. The smallest absolute Gasteiger partial charge is 0.273 e. The van der Waals surface area contributed by atoms with Crippen LogP contribution in [0.2, 0.25) is 0 Å². The number of aromatic nitrogens is 1. The Hall–Kier alpha value is -2.14. The number of nitrogens with one attached hydrogen (secondary N) is 1. The maximum Gasteiger partial charge on any atom is 0.273 e. The molecule has 5 nitrogen and oxygen atoms in total. The van der Waals surface area contributed by atoms with E-state index in [1.54, 1.807) is 0 Å². The summed E-state index contributed by atoms with van der Waals surface area (Å²) in [6.07, 6.45) is 1.89. The second-order valence-corrected chi connectivity index (χ2v) is 4.27. The number of carbonyl (C=O) groups is 1. The zero-order valence-corrected chi connectivity index (χ0v) is 10.8. The molecule has 0 radical (unpaired) electrons. The predicted octanol–water partition coefficient (Wildman–Crippen LogP) is 1.41. The zero-order chi connectivity index (χ0) is 13.7. The summed E-state index contributed by atoms with van der Waals surface area (Å²) in [5, 5.41) is 2.82. The first-order chi connectivity index (χ1) is 9.20. The largest absolute Gasteiger partial charge is 0.448 e. The molecule has 0 unspecified atom stereocenters. The lowest BCUT2D eigenvalue weighted by Crippen LogP contribution is -2.23. The van der Waals surface area contributed by atoms with Gasteiger partial charge in [-0.1, -0.05) is 24.3 Å². The highest BCUT2D eigenvalue weighted by molar-refractivity contribution is 5.91. The van der Waals surface area contributed by atoms with Crippen LogP contribution in [-0.2, 0) is 13.0 Å². The number of oxazole rings is 1. The number of nitrogens with two attached hydrogens (primary N) is 1. The molecule has 19 heavy (non-hydrogen) atoms. The van der Waals surface area contributed by atoms with Crippen molar-refractivity contribution >= 4 is 5.91 Å². The monoisotopic (exact) mass is 259 g/mol. The summed E-state index contributed by atoms with van der Waals surface area (Å²) in [5.41, 5.74) is 7.92. The first-order valence-corrected chi connectivity index (χ1v) is 6.18. The molecule has 0 spiro atoms. The van der Waals surface area contributed by atoms with Crippen molar-refractivity contribution in [1.29, 1.82) is 0 Å². The van der Waals surface area contributed by atoms with Crippen LogP contribution in [0.1, 0.15) is 27.5 Å². The lowest BCUT2D eigenvalue weighted by Gasteiger charge is -2.06. The molecule has 2 aromatic rings. The second kappa shape index (κ2) is 6.15. The molecule has 100 valence electrons. The zero-order valence-electron chi connectivity index (χ0n) is 10.8. The molecule has 0 saturated carbocycles. The Balaban J connectivity index is 1.95. The standard InChI is InChI=1S/C14H17N3O2/c1-10-4-2-3-5-11(10)8-16-14(18)12-9-19-13(17-12)6-7-15/h2-5,9H,6-8,15H2,1H3,(H,16,18). The Labute approximate surface area is 111 Å². The minimum Gasteiger partial charge on any atom is -0.448 e. The van der Waals surface area contributed by atoms with E-state index in [1.807, 2.05) is 31.2 Å². The summed E-state index contributed by atoms with van der Waals surface area (Å²) in [7, 11) is 0. The Bertz CT molecular complexity index is 563. The Morgan fingerprint density at radius 2 is 2.21 bits per heavy atom. The SMILES string of the molecule is Cc1ccccc1CNC(=O)c1coc(CCN)n1. The van der Waals surface area contributed by atoms with Gasteiger partial charge in [0.25, 0.3) is 5.91 Å². The summed E-state index contributed by atoms with van der Waals surface area (Å²) in [6.45, 7) is 2.94. The maximum absolute atomic E-state index is 11.9. The van der Waals surface area contributed by atoms with Crippen molar-refractivity contribution in [1.82, 2.24) is 10.3 Å². The fourth-order valence-electron chi connectivity index (χ4n) is 1.73. The van der Waals surface area contributed by atoms with Crippen molar-refractivity contribution in [2.45, 2.75) is 19.9 Å². The van der Waals surface area contributed by atoms with E-state index in [0.717, 1.165) is 11.1 Å². The highest BCUT2D eigenvalue weighted by Gasteiger charge is 2.11. The van der Waals surface area contributed by atoms with E-state index in [0.29, 0.717) is 25.4 Å². The molecule has 0 aliphatic rings. The summed E-state index contributed by atoms with van der Waals surface area (Å²) in [6, 6.07) is 7.91. The summed E-state index contributed by atoms with van der Waals surface area (Å²) in [4.78, 5) is 16.0. The number of hydrogen-bond acceptors (Lipinski definition) is 4. The third-order valence-electron chi connectivity index (χ3n) is 2.84. The van der Waals surface area contributed by atoms with Crippen LogP contribution in [0.4, 0.5) is 0 Å². The van der Waals surface area contributed by atoms with Gasteiger partial charge in [0.05, 0.1) is 0 Å². The number of amides is 1. The van der Waals surface area contributed by atoms with Gasteiger partial charge in [-0.25, -0.2) is 4.98 Å². The van der Waals surface area contributed by atoms with Crippen molar-refractivity contribution in [3.05, 3.63) is 53.2 Å². The molecule has 0 aliphatic heterocycles. The molecule has 0 fully saturated rings. The molecule has 0 saturated heterocycles. The predicted molar refractivity (Wildman–Crippen MR) is 71.6 cm³/mol. The van der Waals surface area contributed by atoms with Gasteiger partial charge in [-0.3, -0.25) is 4.79 Å². The normalized spacial score (nSPS) is 10.4. The lowest BCUT2D eigenvalue weighted by molar-refractivity contribution is 0.0946. The van der Waals surface area contributed by atoms with Crippen LogP contribution in [0.3, 0.4) is 0 Å². The van der Waals surface area contributed by atoms with Crippen LogP contribution in [0.5, 0.6) is 0 Å². The van der Waals surface area contributed by atoms with Gasteiger partial charge in [0, 0.05) is 19.5 Å². The summed E-state index contributed by atoms with van der Waals surface area (Å²) >= 11 is 0. The van der Waals surface area contributed by atoms with E-state index in [2.05, 4.69) is 10.3 Å². The molecular formula is C14H17N3O2. The Kier molecular flexibility index (Phi) is 4.30. The average molecular weight is 259 g/mol. The molecule has 2 rings (SSSR count). The first-order valence-electron chi connectivity index (χ1n) is 6.18. The van der Waals surface area contributed by atoms with Crippen molar-refractivity contribution < 1.29 is 9.21 Å². The molecule has 0 aliphatic carbocycles. The van der Waals surface area contributed by atoms with Crippen LogP contribution in [0.25, 0.3) is 0 Å². The van der Waals surface area contributed by atoms with Gasteiger partial charge in [0.15, 0.2) is 11.6 Å². The third-order valence-corrected chi connectivity index (χ3v) is 2.84. The summed E-state index contributed by atoms with van der Waals surface area (Å²) in [5.74, 6) is 0.249. The highest BCUT2D eigenvalue weighted by atomic mass is 16.3. The fraction of sp³-hybridized carbons (Fsp3) is 0.286. The van der Waals surface area contributed by atoms with Gasteiger partial charge in [0.1, 0.15) is 6.26 Å². The summed E-state index contributed by atoms with van der Waals surface area (Å²) < 4.78 is 5.15. The molecule has 3 N–H and O–H groups in total. The van der Waals surface area contributed by atoms with Gasteiger partial charge < -0.3 is 15.5 Å². The topological polar surface area (TPSA) is 81.2 Å². The molecule has 5 heteroatoms. The van der Waals surface area contributed by atoms with Gasteiger partial charge in [0.2, 0.25) is 0 Å². The van der Waals surface area contributed by atoms with E-state index in [4.69, 9.17) is 10.2 Å². The van der Waals surface area contributed by atoms with Crippen LogP contribution in [0, 0.1) is 6.92 Å². The van der Waals surface area contributed by atoms with Crippen molar-refractivity contribution in [3.63, 3.8) is 0 Å². The molecule has 0 atom stereocenters. The van der Waals surface area contributed by atoms with Crippen molar-refractivity contribution in [2.75, 3.05) is 6.54 Å². The van der Waals surface area contributed by atoms with Crippen molar-refractivity contribution in [3.8, 4) is 0 Å². The minimum absolute atomic E-state index is 0.240. The number of aryl methyl sites for hydroxylation is 1. The fourth-order valence-corrected chi connectivity index (χ4v) is 1.73. The van der Waals surface area contributed by atoms with Gasteiger partial charge in [-0.05, 0) is 18.1 Å². The van der Waals surface area contributed by atoms with Crippen LogP contribution in [0.15, 0.2) is 34.9 Å². The molecule has 1 amide bonds. The van der Waals surface area contributed by atoms with E-state index >= 15 is 0 Å². The number of carbonyl (C=O) groups excluding carboxylic acids is 1. The van der Waals surface area contributed by atoms with Gasteiger partial charge in [-0.15, -0.1) is 0 Å². The molecular weight excluding hydrogens is 242 g/mol. The second-order valence-electron chi connectivity index (χ2n) is 4.27. The maximum atomic E-state index is 11.9. The van der Waals surface area contributed by atoms with Gasteiger partial charge in [-0.2, -0.15) is 0 Å². The van der Waals surface area contributed by atoms with E-state index in [9.17, 15) is 4.79 Å². The Morgan fingerprint density at radius 3 is 2.95 bits per heavy atom. The number of nitrogens with zero attached hydrogens (tertiary/aromatic N) is 1.